The van der Waals surface area contributed by atoms with E-state index < -0.39 is 12.6 Å². The molecule has 0 aromatic heterocycles. The molecule has 0 bridgehead atoms. The maximum absolute atomic E-state index is 8.35. The van der Waals surface area contributed by atoms with E-state index in [0.717, 1.165) is 7.37 Å². The zero-order valence-electron chi connectivity index (χ0n) is 19.9. The molecule has 0 N–H and O–H groups in total. The van der Waals surface area contributed by atoms with E-state index in [1.807, 2.05) is 0 Å². The molecule has 0 saturated heterocycles. The number of allylic oxidation sites excluding steroid dienone is 2. The predicted octanol–water partition coefficient (Wildman–Crippen LogP) is 7.98. The van der Waals surface area contributed by atoms with Gasteiger partial charge in [-0.3, -0.25) is 0 Å². The van der Waals surface area contributed by atoms with E-state index in [4.69, 9.17) is 17.0 Å². The SMILES string of the molecule is CC1=Cc2c(C)ccc(C)c2[CH]1[Zr]([CH3])([CH3])([SiH3])([Cl])([Cl])[CH]1C(C)=Cc2c(C)ccc(C)c21. The van der Waals surface area contributed by atoms with Gasteiger partial charge in [0.1, 0.15) is 0 Å². The van der Waals surface area contributed by atoms with Crippen molar-refractivity contribution in [2.75, 3.05) is 0 Å². The molecular formula is C26H35Cl2SiZr. The molecule has 4 heteroatoms. The van der Waals surface area contributed by atoms with Crippen LogP contribution in [0.2, 0.25) is 9.26 Å². The topological polar surface area (TPSA) is 0 Å². The van der Waals surface area contributed by atoms with Gasteiger partial charge in [0, 0.05) is 0 Å². The molecule has 30 heavy (non-hydrogen) atoms. The fraction of sp³-hybridized carbons (Fsp3) is 0.385. The van der Waals surface area contributed by atoms with Crippen molar-refractivity contribution in [3.8, 4) is 0 Å². The zero-order valence-corrected chi connectivity index (χ0v) is 25.8. The first-order valence-corrected chi connectivity index (χ1v) is 33.5. The van der Waals surface area contributed by atoms with Gasteiger partial charge in [-0.05, 0) is 0 Å². The molecule has 0 saturated carbocycles. The number of aryl methyl sites for hydroxylation is 4. The van der Waals surface area contributed by atoms with Crippen molar-refractivity contribution in [3.63, 3.8) is 0 Å². The van der Waals surface area contributed by atoms with Gasteiger partial charge < -0.3 is 0 Å². The van der Waals surface area contributed by atoms with Crippen LogP contribution in [0.1, 0.15) is 65.6 Å². The van der Waals surface area contributed by atoms with E-state index in [2.05, 4.69) is 87.2 Å². The molecule has 2 aliphatic rings. The minimum absolute atomic E-state index is 0.0888. The Hall–Kier alpha value is -0.400. The average Bonchev–Trinajstić information content (AvgIpc) is 3.14. The van der Waals surface area contributed by atoms with Crippen LogP contribution in [0, 0.1) is 27.7 Å². The number of fused-ring (bicyclic) bond motifs is 2. The van der Waals surface area contributed by atoms with Crippen LogP contribution in [0.15, 0.2) is 35.4 Å². The van der Waals surface area contributed by atoms with Gasteiger partial charge in [-0.1, -0.05) is 0 Å². The standard InChI is InChI=1S/2C12H13.2CH3.2ClH.H3Si.Zr/c2*1-8-6-11-9(2)4-5-10(3)12(11)7-8;;;;;;/h2*4-7H,1-3H3;2*1H3;2*1H;1H3;/q;;;;;;;+2/p-2. The van der Waals surface area contributed by atoms with E-state index in [9.17, 15) is 0 Å². The molecule has 161 valence electrons. The van der Waals surface area contributed by atoms with Crippen LogP contribution >= 0.6 is 17.0 Å². The van der Waals surface area contributed by atoms with Crippen molar-refractivity contribution in [3.05, 3.63) is 79.9 Å². The minimum atomic E-state index is -5.47. The third-order valence-electron chi connectivity index (χ3n) is 8.18. The normalized spacial score (nSPS) is 24.3. The van der Waals surface area contributed by atoms with Gasteiger partial charge >= 0.3 is 187 Å². The summed E-state index contributed by atoms with van der Waals surface area (Å²) in [5.41, 5.74) is 13.4. The molecule has 0 fully saturated rings. The first-order valence-electron chi connectivity index (χ1n) is 11.1. The summed E-state index contributed by atoms with van der Waals surface area (Å²) < 4.78 is 4.85. The van der Waals surface area contributed by atoms with Gasteiger partial charge in [0.25, 0.3) is 0 Å². The molecule has 0 aliphatic heterocycles. The predicted molar refractivity (Wildman–Crippen MR) is 138 cm³/mol. The van der Waals surface area contributed by atoms with Crippen molar-refractivity contribution in [2.45, 2.75) is 58.1 Å². The first kappa shape index (κ1) is 22.8. The Balaban J connectivity index is 2.14. The quantitative estimate of drug-likeness (QED) is 0.341. The van der Waals surface area contributed by atoms with Crippen molar-refractivity contribution in [2.24, 2.45) is 0 Å². The Kier molecular flexibility index (Phi) is 4.22. The summed E-state index contributed by atoms with van der Waals surface area (Å²) in [7, 11) is 17.4. The van der Waals surface area contributed by atoms with Crippen molar-refractivity contribution < 1.29 is 12.6 Å². The summed E-state index contributed by atoms with van der Waals surface area (Å²) in [6.45, 7) is 13.4. The average molecular weight is 538 g/mol. The first-order chi connectivity index (χ1) is 13.4. The second kappa shape index (κ2) is 5.56. The van der Waals surface area contributed by atoms with Gasteiger partial charge in [-0.15, -0.1) is 0 Å². The van der Waals surface area contributed by atoms with Gasteiger partial charge in [0.15, 0.2) is 0 Å². The Bertz CT molecular complexity index is 1130. The maximum atomic E-state index is 8.35. The molecule has 2 unspecified atom stereocenters. The molecule has 2 aromatic rings. The van der Waals surface area contributed by atoms with Crippen LogP contribution in [0.3, 0.4) is 0 Å². The molecular weight excluding hydrogens is 503 g/mol. The summed E-state index contributed by atoms with van der Waals surface area (Å²) in [4.78, 5) is 0. The van der Waals surface area contributed by atoms with Crippen LogP contribution in [0.5, 0.6) is 0 Å². The molecule has 4 rings (SSSR count). The molecule has 0 heterocycles. The van der Waals surface area contributed by atoms with E-state index in [1.54, 1.807) is 0 Å². The molecule has 2 aromatic carbocycles. The van der Waals surface area contributed by atoms with Crippen molar-refractivity contribution in [1.82, 2.24) is 0 Å². The molecule has 0 radical (unpaired) electrons. The van der Waals surface area contributed by atoms with Gasteiger partial charge in [0.05, 0.1) is 0 Å². The third kappa shape index (κ3) is 2.93. The summed E-state index contributed by atoms with van der Waals surface area (Å²) >= 11 is -5.47. The number of hydrogen-bond acceptors (Lipinski definition) is 0. The van der Waals surface area contributed by atoms with Gasteiger partial charge in [0.2, 0.25) is 0 Å². The van der Waals surface area contributed by atoms with Crippen molar-refractivity contribution in [1.29, 1.82) is 0 Å². The molecule has 0 amide bonds. The van der Waals surface area contributed by atoms with E-state index in [-0.39, 0.29) is 7.25 Å². The third-order valence-corrected chi connectivity index (χ3v) is 36.1. The molecule has 0 spiro atoms. The molecule has 2 aliphatic carbocycles. The second-order valence-electron chi connectivity index (χ2n) is 12.7. The van der Waals surface area contributed by atoms with Crippen LogP contribution in [0.25, 0.3) is 12.2 Å². The van der Waals surface area contributed by atoms with Gasteiger partial charge in [-0.2, -0.15) is 0 Å². The van der Waals surface area contributed by atoms with Crippen LogP contribution in [0.4, 0.5) is 0 Å². The van der Waals surface area contributed by atoms with E-state index in [1.165, 1.54) is 55.7 Å². The Labute approximate surface area is 185 Å². The summed E-state index contributed by atoms with van der Waals surface area (Å²) in [5.74, 6) is 0. The van der Waals surface area contributed by atoms with E-state index >= 15 is 0 Å². The number of benzene rings is 2. The number of rotatable bonds is 2. The summed E-state index contributed by atoms with van der Waals surface area (Å²) in [6.07, 6.45) is 4.73. The Morgan fingerprint density at radius 2 is 0.933 bits per heavy atom. The molecule has 2 atom stereocenters. The van der Waals surface area contributed by atoms with Crippen molar-refractivity contribution >= 4 is 36.5 Å². The fourth-order valence-electron chi connectivity index (χ4n) is 7.33. The summed E-state index contributed by atoms with van der Waals surface area (Å²) in [6, 6.07) is 8.95. The van der Waals surface area contributed by atoms with Crippen LogP contribution in [-0.2, 0) is 12.6 Å². The number of hydrogen-bond donors (Lipinski definition) is 0. The zero-order chi connectivity index (χ0) is 22.5. The fourth-order valence-corrected chi connectivity index (χ4v) is 41.7. The number of halogens is 2. The van der Waals surface area contributed by atoms with Crippen LogP contribution < -0.4 is 0 Å². The van der Waals surface area contributed by atoms with Gasteiger partial charge in [-0.25, -0.2) is 0 Å². The summed E-state index contributed by atoms with van der Waals surface area (Å²) in [5, 5.41) is 0. The Morgan fingerprint density at radius 1 is 0.633 bits per heavy atom. The van der Waals surface area contributed by atoms with E-state index in [0.29, 0.717) is 0 Å². The monoisotopic (exact) mass is 535 g/mol. The van der Waals surface area contributed by atoms with Crippen LogP contribution in [-0.4, -0.2) is 7.37 Å². The Morgan fingerprint density at radius 3 is 1.27 bits per heavy atom. The second-order valence-corrected chi connectivity index (χ2v) is 94.4. The molecule has 0 nitrogen and oxygen atoms in total.